The summed E-state index contributed by atoms with van der Waals surface area (Å²) in [5.41, 5.74) is 2.02. The van der Waals surface area contributed by atoms with E-state index in [0.717, 1.165) is 22.7 Å². The normalized spacial score (nSPS) is 10.8. The van der Waals surface area contributed by atoms with Crippen molar-refractivity contribution in [3.63, 3.8) is 0 Å². The molecule has 0 radical (unpaired) electrons. The Hall–Kier alpha value is -2.80. The number of aryl methyl sites for hydroxylation is 1. The van der Waals surface area contributed by atoms with Crippen molar-refractivity contribution in [3.8, 4) is 11.4 Å². The maximum atomic E-state index is 12.7. The zero-order valence-corrected chi connectivity index (χ0v) is 17.0. The van der Waals surface area contributed by atoms with E-state index in [0.29, 0.717) is 30.5 Å². The van der Waals surface area contributed by atoms with Gasteiger partial charge in [0.15, 0.2) is 11.0 Å². The lowest BCUT2D eigenvalue weighted by molar-refractivity contribution is -0.128. The Morgan fingerprint density at radius 1 is 1.29 bits per heavy atom. The summed E-state index contributed by atoms with van der Waals surface area (Å²) < 4.78 is 7.34. The minimum Gasteiger partial charge on any atom is -0.469 e. The van der Waals surface area contributed by atoms with Gasteiger partial charge in [0.2, 0.25) is 5.91 Å². The highest BCUT2D eigenvalue weighted by Crippen LogP contribution is 2.27. The lowest BCUT2D eigenvalue weighted by Gasteiger charge is -2.20. The van der Waals surface area contributed by atoms with Gasteiger partial charge in [0.1, 0.15) is 5.76 Å². The quantitative estimate of drug-likeness (QED) is 0.401. The summed E-state index contributed by atoms with van der Waals surface area (Å²) >= 11 is 1.39. The molecule has 0 N–H and O–H groups in total. The van der Waals surface area contributed by atoms with E-state index in [1.807, 2.05) is 59.7 Å². The Labute approximate surface area is 169 Å². The molecule has 0 bridgehead atoms. The van der Waals surface area contributed by atoms with Gasteiger partial charge in [0, 0.05) is 19.6 Å². The summed E-state index contributed by atoms with van der Waals surface area (Å²) in [6, 6.07) is 11.9. The van der Waals surface area contributed by atoms with Crippen LogP contribution >= 0.6 is 11.8 Å². The van der Waals surface area contributed by atoms with Gasteiger partial charge in [-0.2, -0.15) is 0 Å². The lowest BCUT2D eigenvalue weighted by atomic mass is 10.2. The molecule has 1 amide bonds. The van der Waals surface area contributed by atoms with Crippen molar-refractivity contribution in [2.75, 3.05) is 12.3 Å². The number of carbonyl (C=O) groups is 1. The van der Waals surface area contributed by atoms with E-state index in [4.69, 9.17) is 4.42 Å². The Morgan fingerprint density at radius 3 is 2.71 bits per heavy atom. The van der Waals surface area contributed by atoms with Crippen LogP contribution in [0.15, 0.2) is 64.9 Å². The first kappa shape index (κ1) is 19.9. The molecular formula is C21H24N4O2S. The van der Waals surface area contributed by atoms with E-state index in [1.165, 1.54) is 11.8 Å². The van der Waals surface area contributed by atoms with Gasteiger partial charge in [0.05, 0.1) is 17.6 Å². The molecule has 0 atom stereocenters. The highest BCUT2D eigenvalue weighted by atomic mass is 32.2. The molecule has 0 saturated carbocycles. The standard InChI is InChI=1S/C21H24N4O2S/c1-4-12-25-20(18-11-13-27-16(18)3)22-23-21(25)28-15-19(26)24(5-2)14-17-9-7-6-8-10-17/h4,6-11,13H,1,5,12,14-15H2,2-3H3. The molecule has 3 rings (SSSR count). The average molecular weight is 397 g/mol. The molecule has 0 unspecified atom stereocenters. The SMILES string of the molecule is C=CCn1c(SCC(=O)N(CC)Cc2ccccc2)nnc1-c1ccoc1C. The monoisotopic (exact) mass is 396 g/mol. The third-order valence-electron chi connectivity index (χ3n) is 4.40. The molecule has 0 aliphatic rings. The fraction of sp³-hybridized carbons (Fsp3) is 0.286. The topological polar surface area (TPSA) is 64.2 Å². The van der Waals surface area contributed by atoms with Crippen molar-refractivity contribution in [1.82, 2.24) is 19.7 Å². The maximum absolute atomic E-state index is 12.7. The molecule has 6 nitrogen and oxygen atoms in total. The fourth-order valence-electron chi connectivity index (χ4n) is 2.90. The van der Waals surface area contributed by atoms with Gasteiger partial charge in [0.25, 0.3) is 0 Å². The number of rotatable bonds is 9. The van der Waals surface area contributed by atoms with Crippen LogP contribution in [0.2, 0.25) is 0 Å². The van der Waals surface area contributed by atoms with E-state index >= 15 is 0 Å². The second kappa shape index (κ2) is 9.41. The molecule has 28 heavy (non-hydrogen) atoms. The van der Waals surface area contributed by atoms with Crippen molar-refractivity contribution >= 4 is 17.7 Å². The van der Waals surface area contributed by atoms with Crippen LogP contribution in [-0.4, -0.2) is 37.9 Å². The Morgan fingerprint density at radius 2 is 2.07 bits per heavy atom. The molecule has 1 aromatic carbocycles. The predicted molar refractivity (Wildman–Crippen MR) is 111 cm³/mol. The smallest absolute Gasteiger partial charge is 0.233 e. The summed E-state index contributed by atoms with van der Waals surface area (Å²) in [6.07, 6.45) is 3.43. The van der Waals surface area contributed by atoms with Crippen LogP contribution in [0.3, 0.4) is 0 Å². The van der Waals surface area contributed by atoms with Crippen molar-refractivity contribution in [3.05, 3.63) is 66.6 Å². The Kier molecular flexibility index (Phi) is 6.71. The highest BCUT2D eigenvalue weighted by Gasteiger charge is 2.19. The fourth-order valence-corrected chi connectivity index (χ4v) is 3.75. The molecule has 2 heterocycles. The van der Waals surface area contributed by atoms with Gasteiger partial charge in [-0.05, 0) is 25.5 Å². The van der Waals surface area contributed by atoms with E-state index in [1.54, 1.807) is 12.3 Å². The van der Waals surface area contributed by atoms with Crippen LogP contribution in [-0.2, 0) is 17.9 Å². The summed E-state index contributed by atoms with van der Waals surface area (Å²) in [6.45, 7) is 9.53. The molecule has 0 aliphatic heterocycles. The van der Waals surface area contributed by atoms with Crippen LogP contribution in [0, 0.1) is 6.92 Å². The zero-order valence-electron chi connectivity index (χ0n) is 16.2. The maximum Gasteiger partial charge on any atom is 0.233 e. The van der Waals surface area contributed by atoms with Gasteiger partial charge in [-0.25, -0.2) is 0 Å². The summed E-state index contributed by atoms with van der Waals surface area (Å²) in [4.78, 5) is 14.6. The van der Waals surface area contributed by atoms with Crippen LogP contribution < -0.4 is 0 Å². The van der Waals surface area contributed by atoms with Crippen molar-refractivity contribution in [1.29, 1.82) is 0 Å². The van der Waals surface area contributed by atoms with Gasteiger partial charge < -0.3 is 9.32 Å². The molecule has 7 heteroatoms. The summed E-state index contributed by atoms with van der Waals surface area (Å²) in [5, 5.41) is 9.29. The van der Waals surface area contributed by atoms with Crippen LogP contribution in [0.4, 0.5) is 0 Å². The van der Waals surface area contributed by atoms with Gasteiger partial charge in [-0.15, -0.1) is 16.8 Å². The van der Waals surface area contributed by atoms with Gasteiger partial charge >= 0.3 is 0 Å². The molecule has 3 aromatic rings. The first-order chi connectivity index (χ1) is 13.6. The molecule has 0 saturated heterocycles. The number of amides is 1. The van der Waals surface area contributed by atoms with E-state index < -0.39 is 0 Å². The number of carbonyl (C=O) groups excluding carboxylic acids is 1. The lowest BCUT2D eigenvalue weighted by Crippen LogP contribution is -2.31. The average Bonchev–Trinajstić information content (AvgIpc) is 3.31. The summed E-state index contributed by atoms with van der Waals surface area (Å²) in [5.74, 6) is 1.88. The zero-order chi connectivity index (χ0) is 19.9. The van der Waals surface area contributed by atoms with Crippen molar-refractivity contribution in [2.45, 2.75) is 32.1 Å². The molecule has 0 fully saturated rings. The first-order valence-corrected chi connectivity index (χ1v) is 10.2. The molecule has 0 spiro atoms. The Bertz CT molecular complexity index is 933. The van der Waals surface area contributed by atoms with Gasteiger partial charge in [-0.1, -0.05) is 48.2 Å². The van der Waals surface area contributed by atoms with Crippen molar-refractivity contribution in [2.24, 2.45) is 0 Å². The largest absolute Gasteiger partial charge is 0.469 e. The number of allylic oxidation sites excluding steroid dienone is 1. The Balaban J connectivity index is 1.71. The van der Waals surface area contributed by atoms with E-state index in [9.17, 15) is 4.79 Å². The number of aromatic nitrogens is 3. The van der Waals surface area contributed by atoms with Crippen LogP contribution in [0.5, 0.6) is 0 Å². The van der Waals surface area contributed by atoms with E-state index in [2.05, 4.69) is 16.8 Å². The van der Waals surface area contributed by atoms with Crippen molar-refractivity contribution < 1.29 is 9.21 Å². The minimum atomic E-state index is 0.0746. The number of furan rings is 1. The van der Waals surface area contributed by atoms with E-state index in [-0.39, 0.29) is 5.91 Å². The number of nitrogens with zero attached hydrogens (tertiary/aromatic N) is 4. The van der Waals surface area contributed by atoms with Crippen LogP contribution in [0.25, 0.3) is 11.4 Å². The second-order valence-electron chi connectivity index (χ2n) is 6.28. The number of hydrogen-bond acceptors (Lipinski definition) is 5. The number of thioether (sulfide) groups is 1. The first-order valence-electron chi connectivity index (χ1n) is 9.17. The molecule has 146 valence electrons. The minimum absolute atomic E-state index is 0.0746. The van der Waals surface area contributed by atoms with Crippen LogP contribution in [0.1, 0.15) is 18.2 Å². The number of benzene rings is 1. The summed E-state index contributed by atoms with van der Waals surface area (Å²) in [7, 11) is 0. The molecule has 0 aliphatic carbocycles. The highest BCUT2D eigenvalue weighted by molar-refractivity contribution is 7.99. The second-order valence-corrected chi connectivity index (χ2v) is 7.22. The predicted octanol–water partition coefficient (Wildman–Crippen LogP) is 4.17. The molecule has 2 aromatic heterocycles. The third-order valence-corrected chi connectivity index (χ3v) is 5.36. The number of hydrogen-bond donors (Lipinski definition) is 0. The van der Waals surface area contributed by atoms with Gasteiger partial charge in [-0.3, -0.25) is 9.36 Å². The third kappa shape index (κ3) is 4.54. The molecular weight excluding hydrogens is 372 g/mol.